The van der Waals surface area contributed by atoms with Gasteiger partial charge in [-0.2, -0.15) is 0 Å². The van der Waals surface area contributed by atoms with Gasteiger partial charge in [0.05, 0.1) is 13.2 Å². The van der Waals surface area contributed by atoms with Crippen LogP contribution in [0.1, 0.15) is 222 Å². The van der Waals surface area contributed by atoms with Crippen molar-refractivity contribution in [1.82, 2.24) is 0 Å². The fourth-order valence-electron chi connectivity index (χ4n) is 13.9. The predicted octanol–water partition coefficient (Wildman–Crippen LogP) is 20.2. The summed E-state index contributed by atoms with van der Waals surface area (Å²) in [6.45, 7) is 46.9. The summed E-state index contributed by atoms with van der Waals surface area (Å²) in [7, 11) is 0. The lowest BCUT2D eigenvalue weighted by atomic mass is 9.76. The highest BCUT2D eigenvalue weighted by molar-refractivity contribution is 5.84. The van der Waals surface area contributed by atoms with E-state index in [9.17, 15) is 4.79 Å². The van der Waals surface area contributed by atoms with Crippen LogP contribution >= 0.6 is 0 Å². The molecular formula is C70H116O3. The normalized spacial score (nSPS) is 30.1. The third-order valence-electron chi connectivity index (χ3n) is 17.5. The molecule has 0 saturated heterocycles. The van der Waals surface area contributed by atoms with E-state index in [1.54, 1.807) is 44.6 Å². The first-order chi connectivity index (χ1) is 34.6. The maximum absolute atomic E-state index is 11.4. The molecule has 0 aromatic rings. The van der Waals surface area contributed by atoms with Crippen LogP contribution in [-0.2, 0) is 4.79 Å². The van der Waals surface area contributed by atoms with Crippen LogP contribution in [0.2, 0.25) is 0 Å². The summed E-state index contributed by atoms with van der Waals surface area (Å²) in [5.74, 6) is 8.20. The first-order valence-corrected chi connectivity index (χ1v) is 29.6. The lowest BCUT2D eigenvalue weighted by molar-refractivity contribution is -0.126. The fourth-order valence-corrected chi connectivity index (χ4v) is 13.9. The van der Waals surface area contributed by atoms with Crippen LogP contribution in [0.3, 0.4) is 0 Å². The Balaban J connectivity index is 0.000000438. The Kier molecular flexibility index (Phi) is 33.3. The second-order valence-electron chi connectivity index (χ2n) is 23.5. The third-order valence-corrected chi connectivity index (χ3v) is 17.5. The molecule has 12 atom stereocenters. The third kappa shape index (κ3) is 22.5. The van der Waals surface area contributed by atoms with Crippen LogP contribution < -0.4 is 0 Å². The van der Waals surface area contributed by atoms with E-state index in [0.717, 1.165) is 74.0 Å². The monoisotopic (exact) mass is 1000 g/mol. The zero-order valence-electron chi connectivity index (χ0n) is 51.5. The predicted molar refractivity (Wildman–Crippen MR) is 325 cm³/mol. The minimum atomic E-state index is 0.194. The SMILES string of the molecule is CC=C1C[C@@H](C)C(=CC)[C@H](C)C1.CC=C1C[C@@H](C)C(=CC)[C@H](C)C1.CC=C1C[C@@H](C)C(=CC)[C@H](C)C1.CC=C1C[C@@H](C)C(=O)[C@H](C)C1.CC=C1[C@H](C)CC(=CCO)C[C@H]1C.CC=C1[C@H](C)CC(=CCO)C[C@H]1C. The molecule has 0 spiro atoms. The Hall–Kier alpha value is -3.27. The van der Waals surface area contributed by atoms with Crippen molar-refractivity contribution in [2.75, 3.05) is 13.2 Å². The number of Topliss-reactive ketones (excluding diaryl/α,β-unsaturated/α-hetero) is 1. The van der Waals surface area contributed by atoms with E-state index in [0.29, 0.717) is 29.5 Å². The van der Waals surface area contributed by atoms with Gasteiger partial charge < -0.3 is 10.2 Å². The van der Waals surface area contributed by atoms with Gasteiger partial charge in [-0.1, -0.05) is 211 Å². The highest BCUT2D eigenvalue weighted by Gasteiger charge is 2.28. The van der Waals surface area contributed by atoms with Crippen LogP contribution in [0.25, 0.3) is 0 Å². The number of ketones is 1. The van der Waals surface area contributed by atoms with Gasteiger partial charge >= 0.3 is 0 Å². The molecule has 6 saturated carbocycles. The van der Waals surface area contributed by atoms with Gasteiger partial charge in [0.2, 0.25) is 0 Å². The van der Waals surface area contributed by atoms with Crippen molar-refractivity contribution in [2.24, 2.45) is 71.0 Å². The van der Waals surface area contributed by atoms with E-state index < -0.39 is 0 Å². The Labute approximate surface area is 453 Å². The Morgan fingerprint density at radius 3 is 0.562 bits per heavy atom. The van der Waals surface area contributed by atoms with Crippen molar-refractivity contribution in [3.05, 3.63) is 128 Å². The van der Waals surface area contributed by atoms with Gasteiger partial charge in [0.15, 0.2) is 0 Å². The number of aliphatic hydroxyl groups excluding tert-OH is 2. The minimum absolute atomic E-state index is 0.194. The van der Waals surface area contributed by atoms with Crippen molar-refractivity contribution >= 4 is 5.78 Å². The second kappa shape index (κ2) is 35.9. The molecule has 3 heteroatoms. The Bertz CT molecular complexity index is 1750. The molecule has 0 aromatic carbocycles. The number of hydrogen-bond donors (Lipinski definition) is 2. The molecule has 0 aromatic heterocycles. The number of carbonyl (C=O) groups excluding carboxylic acids is 1. The summed E-state index contributed by atoms with van der Waals surface area (Å²) in [4.78, 5) is 11.4. The van der Waals surface area contributed by atoms with Crippen LogP contribution in [0.5, 0.6) is 0 Å². The number of aliphatic hydroxyl groups is 2. The Morgan fingerprint density at radius 1 is 0.274 bits per heavy atom. The molecule has 0 amide bonds. The van der Waals surface area contributed by atoms with Gasteiger partial charge in [-0.3, -0.25) is 4.79 Å². The maximum Gasteiger partial charge on any atom is 0.139 e. The quantitative estimate of drug-likeness (QED) is 0.271. The standard InChI is InChI=1S/2C12H20O.3C12H20.C10H16O/c2*1-4-12-9(2)7-11(5-6-13)8-10(12)3;3*1-5-11-7-9(3)12(6-2)10(4)8-11;1-4-9-5-7(2)10(11)8(3)6-9/h2*4-5,9-10,13H,6-8H2,1-3H3;3*5-6,9-10H,7-8H2,1-4H3;4,7-8H,5-6H2,1-3H3/t5*9-,10-;7-,8-/m111111/s1. The smallest absolute Gasteiger partial charge is 0.139 e. The number of hydrogen-bond acceptors (Lipinski definition) is 3. The van der Waals surface area contributed by atoms with Gasteiger partial charge in [-0.25, -0.2) is 0 Å². The summed E-state index contributed by atoms with van der Waals surface area (Å²) in [6, 6.07) is 0. The molecule has 2 N–H and O–H groups in total. The van der Waals surface area contributed by atoms with Crippen molar-refractivity contribution in [3.8, 4) is 0 Å². The number of rotatable bonds is 2. The van der Waals surface area contributed by atoms with E-state index in [1.807, 2.05) is 26.0 Å². The molecule has 6 aliphatic rings. The molecular weight excluding hydrogens is 889 g/mol. The lowest BCUT2D eigenvalue weighted by Crippen LogP contribution is -2.25. The van der Waals surface area contributed by atoms with Gasteiger partial charge in [0, 0.05) is 11.8 Å². The molecule has 0 aliphatic heterocycles. The van der Waals surface area contributed by atoms with Gasteiger partial charge in [-0.15, -0.1) is 0 Å². The molecule has 414 valence electrons. The molecule has 0 radical (unpaired) electrons. The van der Waals surface area contributed by atoms with E-state index in [1.165, 1.54) is 55.2 Å². The van der Waals surface area contributed by atoms with Crippen LogP contribution in [-0.4, -0.2) is 29.2 Å². The van der Waals surface area contributed by atoms with E-state index in [-0.39, 0.29) is 25.0 Å². The van der Waals surface area contributed by atoms with Crippen molar-refractivity contribution in [2.45, 2.75) is 222 Å². The topological polar surface area (TPSA) is 57.5 Å². The molecule has 0 unspecified atom stereocenters. The van der Waals surface area contributed by atoms with Crippen LogP contribution in [0.15, 0.2) is 128 Å². The number of carbonyl (C=O) groups is 1. The molecule has 73 heavy (non-hydrogen) atoms. The zero-order valence-corrected chi connectivity index (χ0v) is 51.5. The van der Waals surface area contributed by atoms with Crippen molar-refractivity contribution in [1.29, 1.82) is 0 Å². The highest BCUT2D eigenvalue weighted by Crippen LogP contribution is 2.40. The second-order valence-corrected chi connectivity index (χ2v) is 23.5. The molecule has 6 aliphatic carbocycles. The molecule has 0 heterocycles. The largest absolute Gasteiger partial charge is 0.392 e. The van der Waals surface area contributed by atoms with Crippen LogP contribution in [0, 0.1) is 71.0 Å². The summed E-state index contributed by atoms with van der Waals surface area (Å²) in [5, 5.41) is 17.6. The van der Waals surface area contributed by atoms with Crippen molar-refractivity contribution < 1.29 is 15.0 Å². The first-order valence-electron chi connectivity index (χ1n) is 29.6. The highest BCUT2D eigenvalue weighted by atomic mass is 16.3. The van der Waals surface area contributed by atoms with Gasteiger partial charge in [0.1, 0.15) is 5.78 Å². The first kappa shape index (κ1) is 67.7. The Morgan fingerprint density at radius 2 is 0.425 bits per heavy atom. The van der Waals surface area contributed by atoms with Gasteiger partial charge in [0.25, 0.3) is 0 Å². The molecule has 0 bridgehead atoms. The zero-order chi connectivity index (χ0) is 55.5. The molecule has 6 rings (SSSR count). The van der Waals surface area contributed by atoms with Gasteiger partial charge in [-0.05, 0) is 199 Å². The van der Waals surface area contributed by atoms with E-state index in [2.05, 4.69) is 186 Å². The average Bonchev–Trinajstić information content (AvgIpc) is 3.33. The molecule has 6 fully saturated rings. The van der Waals surface area contributed by atoms with E-state index in [4.69, 9.17) is 10.2 Å². The summed E-state index contributed by atoms with van der Waals surface area (Å²) >= 11 is 0. The lowest BCUT2D eigenvalue weighted by Gasteiger charge is -2.30. The maximum atomic E-state index is 11.4. The summed E-state index contributed by atoms with van der Waals surface area (Å²) in [6.07, 6.45) is 38.6. The molecule has 3 nitrogen and oxygen atoms in total. The average molecular weight is 1010 g/mol. The van der Waals surface area contributed by atoms with Crippen LogP contribution in [0.4, 0.5) is 0 Å². The fraction of sp³-hybridized carbons (Fsp3) is 0.671. The summed E-state index contributed by atoms with van der Waals surface area (Å²) < 4.78 is 0. The number of allylic oxidation sites excluding steroid dienone is 20. The summed E-state index contributed by atoms with van der Waals surface area (Å²) in [5.41, 5.74) is 17.3. The van der Waals surface area contributed by atoms with E-state index >= 15 is 0 Å². The minimum Gasteiger partial charge on any atom is -0.392 e. The van der Waals surface area contributed by atoms with Crippen molar-refractivity contribution in [3.63, 3.8) is 0 Å².